The molecule has 0 aliphatic heterocycles. The van der Waals surface area contributed by atoms with E-state index < -0.39 is 0 Å². The summed E-state index contributed by atoms with van der Waals surface area (Å²) in [4.78, 5) is 0. The third-order valence-corrected chi connectivity index (χ3v) is 3.71. The molecule has 104 valence electrons. The SMILES string of the molecule is CC(C)Cc1ccc(C(CN)NC2CC=CC2)cc1. The van der Waals surface area contributed by atoms with E-state index in [0.717, 1.165) is 19.3 Å². The van der Waals surface area contributed by atoms with Crippen molar-refractivity contribution in [3.05, 3.63) is 47.5 Å². The summed E-state index contributed by atoms with van der Waals surface area (Å²) < 4.78 is 0. The second kappa shape index (κ2) is 6.88. The Morgan fingerprint density at radius 1 is 1.16 bits per heavy atom. The maximum Gasteiger partial charge on any atom is 0.0446 e. The molecule has 0 radical (unpaired) electrons. The Morgan fingerprint density at radius 2 is 1.79 bits per heavy atom. The van der Waals surface area contributed by atoms with Crippen molar-refractivity contribution < 1.29 is 0 Å². The van der Waals surface area contributed by atoms with Gasteiger partial charge in [0.25, 0.3) is 0 Å². The molecule has 0 saturated carbocycles. The van der Waals surface area contributed by atoms with E-state index in [1.54, 1.807) is 0 Å². The van der Waals surface area contributed by atoms with E-state index in [1.165, 1.54) is 11.1 Å². The van der Waals surface area contributed by atoms with Gasteiger partial charge in [-0.05, 0) is 36.3 Å². The van der Waals surface area contributed by atoms with Gasteiger partial charge in [-0.25, -0.2) is 0 Å². The minimum absolute atomic E-state index is 0.276. The minimum Gasteiger partial charge on any atom is -0.329 e. The Balaban J connectivity index is 1.97. The number of rotatable bonds is 6. The lowest BCUT2D eigenvalue weighted by Crippen LogP contribution is -2.35. The second-order valence-electron chi connectivity index (χ2n) is 5.93. The molecular formula is C17H26N2. The lowest BCUT2D eigenvalue weighted by atomic mass is 9.99. The molecule has 2 rings (SSSR count). The van der Waals surface area contributed by atoms with Crippen molar-refractivity contribution in [3.8, 4) is 0 Å². The minimum atomic E-state index is 0.276. The molecule has 1 aromatic carbocycles. The van der Waals surface area contributed by atoms with Crippen LogP contribution in [0, 0.1) is 5.92 Å². The van der Waals surface area contributed by atoms with Gasteiger partial charge >= 0.3 is 0 Å². The van der Waals surface area contributed by atoms with Gasteiger partial charge in [0.05, 0.1) is 0 Å². The van der Waals surface area contributed by atoms with Gasteiger partial charge in [0.15, 0.2) is 0 Å². The normalized spacial score (nSPS) is 17.3. The molecule has 2 heteroatoms. The van der Waals surface area contributed by atoms with E-state index in [0.29, 0.717) is 18.5 Å². The molecule has 0 heterocycles. The molecule has 0 aromatic heterocycles. The van der Waals surface area contributed by atoms with Gasteiger partial charge in [-0.2, -0.15) is 0 Å². The third-order valence-electron chi connectivity index (χ3n) is 3.71. The summed E-state index contributed by atoms with van der Waals surface area (Å²) in [7, 11) is 0. The summed E-state index contributed by atoms with van der Waals surface area (Å²) in [6.07, 6.45) is 7.89. The molecule has 19 heavy (non-hydrogen) atoms. The largest absolute Gasteiger partial charge is 0.329 e. The number of nitrogens with one attached hydrogen (secondary N) is 1. The van der Waals surface area contributed by atoms with E-state index in [4.69, 9.17) is 5.73 Å². The smallest absolute Gasteiger partial charge is 0.0446 e. The van der Waals surface area contributed by atoms with E-state index in [1.807, 2.05) is 0 Å². The van der Waals surface area contributed by atoms with Crippen LogP contribution in [0.25, 0.3) is 0 Å². The number of hydrogen-bond acceptors (Lipinski definition) is 2. The summed E-state index contributed by atoms with van der Waals surface area (Å²) in [6.45, 7) is 5.16. The first-order valence-corrected chi connectivity index (χ1v) is 7.39. The Kier molecular flexibility index (Phi) is 5.17. The highest BCUT2D eigenvalue weighted by atomic mass is 15.0. The van der Waals surface area contributed by atoms with Crippen LogP contribution in [-0.2, 0) is 6.42 Å². The molecule has 3 N–H and O–H groups in total. The number of nitrogens with two attached hydrogens (primary N) is 1. The summed E-state index contributed by atoms with van der Waals surface area (Å²) in [6, 6.07) is 9.77. The van der Waals surface area contributed by atoms with Crippen molar-refractivity contribution in [2.75, 3.05) is 6.54 Å². The van der Waals surface area contributed by atoms with Gasteiger partial charge in [0, 0.05) is 18.6 Å². The van der Waals surface area contributed by atoms with Crippen molar-refractivity contribution in [1.29, 1.82) is 0 Å². The molecule has 1 aliphatic rings. The van der Waals surface area contributed by atoms with Crippen molar-refractivity contribution in [2.24, 2.45) is 11.7 Å². The quantitative estimate of drug-likeness (QED) is 0.769. The molecule has 1 atom stereocenters. The van der Waals surface area contributed by atoms with Crippen molar-refractivity contribution in [1.82, 2.24) is 5.32 Å². The molecule has 0 amide bonds. The fraction of sp³-hybridized carbons (Fsp3) is 0.529. The van der Waals surface area contributed by atoms with E-state index >= 15 is 0 Å². The average Bonchev–Trinajstić information content (AvgIpc) is 2.89. The summed E-state index contributed by atoms with van der Waals surface area (Å²) in [5.74, 6) is 0.707. The van der Waals surface area contributed by atoms with Crippen LogP contribution in [0.4, 0.5) is 0 Å². The van der Waals surface area contributed by atoms with Crippen LogP contribution in [0.2, 0.25) is 0 Å². The molecule has 2 nitrogen and oxygen atoms in total. The highest BCUT2D eigenvalue weighted by molar-refractivity contribution is 5.26. The molecule has 0 bridgehead atoms. The summed E-state index contributed by atoms with van der Waals surface area (Å²) in [5.41, 5.74) is 8.64. The highest BCUT2D eigenvalue weighted by Crippen LogP contribution is 2.19. The lowest BCUT2D eigenvalue weighted by Gasteiger charge is -2.22. The first-order chi connectivity index (χ1) is 9.19. The molecular weight excluding hydrogens is 232 g/mol. The lowest BCUT2D eigenvalue weighted by molar-refractivity contribution is 0.453. The van der Waals surface area contributed by atoms with Gasteiger partial charge in [-0.3, -0.25) is 0 Å². The van der Waals surface area contributed by atoms with Gasteiger partial charge in [-0.1, -0.05) is 50.3 Å². The fourth-order valence-electron chi connectivity index (χ4n) is 2.70. The maximum absolute atomic E-state index is 5.92. The van der Waals surface area contributed by atoms with Crippen LogP contribution in [0.1, 0.15) is 43.9 Å². The van der Waals surface area contributed by atoms with Gasteiger partial charge in [-0.15, -0.1) is 0 Å². The van der Waals surface area contributed by atoms with Crippen LogP contribution in [0.3, 0.4) is 0 Å². The predicted molar refractivity (Wildman–Crippen MR) is 82.1 cm³/mol. The molecule has 1 unspecified atom stereocenters. The number of benzene rings is 1. The Labute approximate surface area is 117 Å². The Morgan fingerprint density at radius 3 is 2.32 bits per heavy atom. The maximum atomic E-state index is 5.92. The standard InChI is InChI=1S/C17H26N2/c1-13(2)11-14-7-9-15(10-8-14)17(12-18)19-16-5-3-4-6-16/h3-4,7-10,13,16-17,19H,5-6,11-12,18H2,1-2H3. The predicted octanol–water partition coefficient (Wildman–Crippen LogP) is 3.19. The van der Waals surface area contributed by atoms with Gasteiger partial charge in [0.1, 0.15) is 0 Å². The highest BCUT2D eigenvalue weighted by Gasteiger charge is 2.16. The third kappa shape index (κ3) is 4.19. The summed E-state index contributed by atoms with van der Waals surface area (Å²) >= 11 is 0. The zero-order valence-electron chi connectivity index (χ0n) is 12.1. The Bertz CT molecular complexity index is 398. The van der Waals surface area contributed by atoms with Crippen LogP contribution in [-0.4, -0.2) is 12.6 Å². The average molecular weight is 258 g/mol. The first-order valence-electron chi connectivity index (χ1n) is 7.39. The van der Waals surface area contributed by atoms with Crippen LogP contribution in [0.5, 0.6) is 0 Å². The number of hydrogen-bond donors (Lipinski definition) is 2. The van der Waals surface area contributed by atoms with E-state index in [9.17, 15) is 0 Å². The molecule has 0 saturated heterocycles. The first kappa shape index (κ1) is 14.3. The van der Waals surface area contributed by atoms with Crippen LogP contribution < -0.4 is 11.1 Å². The van der Waals surface area contributed by atoms with Gasteiger partial charge < -0.3 is 11.1 Å². The van der Waals surface area contributed by atoms with E-state index in [-0.39, 0.29) is 6.04 Å². The van der Waals surface area contributed by atoms with E-state index in [2.05, 4.69) is 55.6 Å². The topological polar surface area (TPSA) is 38.0 Å². The molecule has 0 fully saturated rings. The molecule has 1 aliphatic carbocycles. The Hall–Kier alpha value is -1.12. The monoisotopic (exact) mass is 258 g/mol. The molecule has 0 spiro atoms. The van der Waals surface area contributed by atoms with Crippen molar-refractivity contribution in [3.63, 3.8) is 0 Å². The summed E-state index contributed by atoms with van der Waals surface area (Å²) in [5, 5.41) is 3.65. The fourth-order valence-corrected chi connectivity index (χ4v) is 2.70. The van der Waals surface area contributed by atoms with Crippen LogP contribution >= 0.6 is 0 Å². The zero-order valence-corrected chi connectivity index (χ0v) is 12.1. The zero-order chi connectivity index (χ0) is 13.7. The van der Waals surface area contributed by atoms with Crippen molar-refractivity contribution in [2.45, 2.75) is 45.2 Å². The van der Waals surface area contributed by atoms with Crippen LogP contribution in [0.15, 0.2) is 36.4 Å². The molecule has 1 aromatic rings. The second-order valence-corrected chi connectivity index (χ2v) is 5.93. The van der Waals surface area contributed by atoms with Crippen molar-refractivity contribution >= 4 is 0 Å². The van der Waals surface area contributed by atoms with Gasteiger partial charge in [0.2, 0.25) is 0 Å².